The fourth-order valence-corrected chi connectivity index (χ4v) is 2.62. The van der Waals surface area contributed by atoms with E-state index in [-0.39, 0.29) is 0 Å². The molecule has 2 heteroatoms. The molecule has 3 aromatic carbocycles. The highest BCUT2D eigenvalue weighted by Gasteiger charge is 2.21. The normalized spacial score (nSPS) is 12.6. The van der Waals surface area contributed by atoms with Crippen LogP contribution in [-0.2, 0) is 0 Å². The van der Waals surface area contributed by atoms with Gasteiger partial charge in [-0.3, -0.25) is 0 Å². The first-order valence-electron chi connectivity index (χ1n) is 7.30. The second kappa shape index (κ2) is 5.41. The Kier molecular flexibility index (Phi) is 3.13. The van der Waals surface area contributed by atoms with Gasteiger partial charge in [-0.2, -0.15) is 0 Å². The molecule has 0 fully saturated rings. The van der Waals surface area contributed by atoms with Crippen molar-refractivity contribution in [3.63, 3.8) is 0 Å². The Balaban J connectivity index is 1.79. The van der Waals surface area contributed by atoms with Crippen LogP contribution in [0, 0.1) is 0 Å². The number of hydrogen-bond donors (Lipinski definition) is 0. The molecule has 0 unspecified atom stereocenters. The summed E-state index contributed by atoms with van der Waals surface area (Å²) in [4.78, 5) is 2.17. The van der Waals surface area contributed by atoms with Crippen LogP contribution in [0.2, 0.25) is 0 Å². The zero-order valence-corrected chi connectivity index (χ0v) is 12.0. The minimum Gasteiger partial charge on any atom is -0.453 e. The Morgan fingerprint density at radius 3 is 1.82 bits per heavy atom. The maximum absolute atomic E-state index is 5.98. The first-order chi connectivity index (χ1) is 10.9. The van der Waals surface area contributed by atoms with E-state index in [1.54, 1.807) is 0 Å². The summed E-state index contributed by atoms with van der Waals surface area (Å²) in [6.07, 6.45) is 4.20. The monoisotopic (exact) mass is 285 g/mol. The van der Waals surface area contributed by atoms with Gasteiger partial charge in [0, 0.05) is 6.20 Å². The number of hydrogen-bond acceptors (Lipinski definition) is 2. The van der Waals surface area contributed by atoms with Gasteiger partial charge in [-0.1, -0.05) is 54.6 Å². The average Bonchev–Trinajstić information content (AvgIpc) is 2.59. The first-order valence-corrected chi connectivity index (χ1v) is 7.30. The molecule has 0 N–H and O–H groups in total. The van der Waals surface area contributed by atoms with Crippen molar-refractivity contribution in [3.8, 4) is 11.5 Å². The second-order valence-corrected chi connectivity index (χ2v) is 5.13. The van der Waals surface area contributed by atoms with E-state index in [4.69, 9.17) is 4.74 Å². The van der Waals surface area contributed by atoms with E-state index >= 15 is 0 Å². The lowest BCUT2D eigenvalue weighted by atomic mass is 10.1. The third-order valence-corrected chi connectivity index (χ3v) is 3.69. The number of benzene rings is 3. The number of rotatable bonds is 2. The average molecular weight is 285 g/mol. The van der Waals surface area contributed by atoms with Crippen LogP contribution < -0.4 is 9.64 Å². The molecule has 3 aromatic rings. The predicted molar refractivity (Wildman–Crippen MR) is 90.6 cm³/mol. The van der Waals surface area contributed by atoms with E-state index in [1.807, 2.05) is 54.6 Å². The highest BCUT2D eigenvalue weighted by Crippen LogP contribution is 2.46. The van der Waals surface area contributed by atoms with E-state index < -0.39 is 0 Å². The number of fused-ring (bicyclic) bond motifs is 2. The summed E-state index contributed by atoms with van der Waals surface area (Å²) in [5, 5.41) is 0. The molecule has 106 valence electrons. The third-order valence-electron chi connectivity index (χ3n) is 3.69. The number of ether oxygens (including phenoxy) is 1. The summed E-state index contributed by atoms with van der Waals surface area (Å²) in [5.74, 6) is 1.75. The SMILES string of the molecule is C(=C/N1c2ccccc2Oc2ccccc21)/c1ccccc1. The molecule has 0 atom stereocenters. The highest BCUT2D eigenvalue weighted by atomic mass is 16.5. The van der Waals surface area contributed by atoms with Gasteiger partial charge in [0.25, 0.3) is 0 Å². The summed E-state index contributed by atoms with van der Waals surface area (Å²) in [5.41, 5.74) is 3.27. The second-order valence-electron chi connectivity index (χ2n) is 5.13. The van der Waals surface area contributed by atoms with Gasteiger partial charge in [-0.15, -0.1) is 0 Å². The van der Waals surface area contributed by atoms with Gasteiger partial charge >= 0.3 is 0 Å². The maximum Gasteiger partial charge on any atom is 0.151 e. The molecular weight excluding hydrogens is 270 g/mol. The first kappa shape index (κ1) is 12.7. The van der Waals surface area contributed by atoms with E-state index in [0.717, 1.165) is 22.9 Å². The van der Waals surface area contributed by atoms with E-state index in [2.05, 4.69) is 41.4 Å². The Morgan fingerprint density at radius 1 is 0.636 bits per heavy atom. The number of para-hydroxylation sites is 4. The van der Waals surface area contributed by atoms with Gasteiger partial charge in [0.2, 0.25) is 0 Å². The van der Waals surface area contributed by atoms with Crippen molar-refractivity contribution < 1.29 is 4.74 Å². The van der Waals surface area contributed by atoms with Crippen molar-refractivity contribution in [2.45, 2.75) is 0 Å². The van der Waals surface area contributed by atoms with Crippen molar-refractivity contribution in [1.29, 1.82) is 0 Å². The Labute approximate surface area is 129 Å². The number of anilines is 2. The van der Waals surface area contributed by atoms with Crippen LogP contribution in [0.3, 0.4) is 0 Å². The summed E-state index contributed by atoms with van der Waals surface area (Å²) in [7, 11) is 0. The van der Waals surface area contributed by atoms with Crippen LogP contribution >= 0.6 is 0 Å². The van der Waals surface area contributed by atoms with E-state index in [1.165, 1.54) is 5.56 Å². The molecule has 0 saturated carbocycles. The van der Waals surface area contributed by atoms with Gasteiger partial charge in [0.1, 0.15) is 0 Å². The number of nitrogens with zero attached hydrogens (tertiary/aromatic N) is 1. The lowest BCUT2D eigenvalue weighted by Gasteiger charge is -2.30. The van der Waals surface area contributed by atoms with Gasteiger partial charge in [-0.05, 0) is 35.9 Å². The van der Waals surface area contributed by atoms with Crippen molar-refractivity contribution in [1.82, 2.24) is 0 Å². The van der Waals surface area contributed by atoms with Crippen LogP contribution in [-0.4, -0.2) is 0 Å². The zero-order chi connectivity index (χ0) is 14.8. The van der Waals surface area contributed by atoms with E-state index in [9.17, 15) is 0 Å². The molecule has 0 aliphatic carbocycles. The fourth-order valence-electron chi connectivity index (χ4n) is 2.62. The molecular formula is C20H15NO. The van der Waals surface area contributed by atoms with E-state index in [0.29, 0.717) is 0 Å². The van der Waals surface area contributed by atoms with Crippen molar-refractivity contribution in [2.75, 3.05) is 4.90 Å². The molecule has 0 spiro atoms. The molecule has 1 aliphatic heterocycles. The van der Waals surface area contributed by atoms with Gasteiger partial charge in [-0.25, -0.2) is 0 Å². The molecule has 2 nitrogen and oxygen atoms in total. The van der Waals surface area contributed by atoms with Crippen LogP contribution in [0.25, 0.3) is 6.08 Å². The Bertz CT molecular complexity index is 778. The predicted octanol–water partition coefficient (Wildman–Crippen LogP) is 5.60. The molecule has 0 aromatic heterocycles. The minimum atomic E-state index is 0.874. The summed E-state index contributed by atoms with van der Waals surface area (Å²) in [6, 6.07) is 26.5. The van der Waals surface area contributed by atoms with Crippen molar-refractivity contribution in [3.05, 3.63) is 90.6 Å². The standard InChI is InChI=1S/C20H15NO/c1-2-8-16(9-3-1)14-15-21-17-10-4-6-12-19(17)22-20-13-7-5-11-18(20)21/h1-15H/b15-14-. The maximum atomic E-state index is 5.98. The Hall–Kier alpha value is -3.00. The largest absolute Gasteiger partial charge is 0.453 e. The van der Waals surface area contributed by atoms with Gasteiger partial charge in [0.15, 0.2) is 11.5 Å². The van der Waals surface area contributed by atoms with Crippen LogP contribution in [0.5, 0.6) is 11.5 Å². The van der Waals surface area contributed by atoms with Crippen molar-refractivity contribution >= 4 is 17.5 Å². The lowest BCUT2D eigenvalue weighted by Crippen LogP contribution is -2.14. The summed E-state index contributed by atoms with van der Waals surface area (Å²) in [6.45, 7) is 0. The molecule has 22 heavy (non-hydrogen) atoms. The molecule has 0 amide bonds. The van der Waals surface area contributed by atoms with Crippen LogP contribution in [0.1, 0.15) is 5.56 Å². The molecule has 0 radical (unpaired) electrons. The smallest absolute Gasteiger partial charge is 0.151 e. The molecule has 1 heterocycles. The van der Waals surface area contributed by atoms with Crippen LogP contribution in [0.15, 0.2) is 85.1 Å². The molecule has 0 bridgehead atoms. The van der Waals surface area contributed by atoms with Gasteiger partial charge in [0.05, 0.1) is 11.4 Å². The Morgan fingerprint density at radius 2 is 1.18 bits per heavy atom. The zero-order valence-electron chi connectivity index (χ0n) is 12.0. The third kappa shape index (κ3) is 2.25. The van der Waals surface area contributed by atoms with Crippen LogP contribution in [0.4, 0.5) is 11.4 Å². The molecule has 0 saturated heterocycles. The summed E-state index contributed by atoms with van der Waals surface area (Å²) >= 11 is 0. The minimum absolute atomic E-state index is 0.874. The van der Waals surface area contributed by atoms with Crippen molar-refractivity contribution in [2.24, 2.45) is 0 Å². The fraction of sp³-hybridized carbons (Fsp3) is 0. The van der Waals surface area contributed by atoms with Gasteiger partial charge < -0.3 is 9.64 Å². The highest BCUT2D eigenvalue weighted by molar-refractivity contribution is 5.80. The topological polar surface area (TPSA) is 12.5 Å². The molecule has 4 rings (SSSR count). The summed E-state index contributed by atoms with van der Waals surface area (Å²) < 4.78 is 5.98. The molecule has 1 aliphatic rings. The quantitative estimate of drug-likeness (QED) is 0.607. The lowest BCUT2D eigenvalue weighted by molar-refractivity contribution is 0.477.